The van der Waals surface area contributed by atoms with Gasteiger partial charge in [0.15, 0.2) is 0 Å². The lowest BCUT2D eigenvalue weighted by Gasteiger charge is -2.32. The summed E-state index contributed by atoms with van der Waals surface area (Å²) in [5, 5.41) is 1.86. The van der Waals surface area contributed by atoms with Crippen molar-refractivity contribution < 1.29 is 9.53 Å². The zero-order valence-electron chi connectivity index (χ0n) is 9.60. The van der Waals surface area contributed by atoms with Crippen LogP contribution >= 0.6 is 11.3 Å². The second kappa shape index (κ2) is 4.84. The number of piperazine rings is 1. The van der Waals surface area contributed by atoms with Crippen molar-refractivity contribution in [1.29, 1.82) is 0 Å². The number of ether oxygens (including phenoxy) is 1. The summed E-state index contributed by atoms with van der Waals surface area (Å²) in [7, 11) is 3.70. The Morgan fingerprint density at radius 1 is 1.38 bits per heavy atom. The second-order valence-electron chi connectivity index (χ2n) is 3.95. The Bertz CT molecular complexity index is 370. The fourth-order valence-corrected chi connectivity index (χ4v) is 2.52. The zero-order chi connectivity index (χ0) is 11.5. The molecule has 1 aliphatic heterocycles. The maximum absolute atomic E-state index is 12.1. The van der Waals surface area contributed by atoms with Gasteiger partial charge in [-0.15, -0.1) is 11.3 Å². The molecule has 1 saturated heterocycles. The second-order valence-corrected chi connectivity index (χ2v) is 4.86. The van der Waals surface area contributed by atoms with Gasteiger partial charge in [0.1, 0.15) is 5.75 Å². The van der Waals surface area contributed by atoms with E-state index in [4.69, 9.17) is 4.74 Å². The third-order valence-electron chi connectivity index (χ3n) is 2.81. The van der Waals surface area contributed by atoms with Gasteiger partial charge >= 0.3 is 0 Å². The van der Waals surface area contributed by atoms with E-state index in [2.05, 4.69) is 11.9 Å². The summed E-state index contributed by atoms with van der Waals surface area (Å²) in [6.45, 7) is 3.54. The Kier molecular flexibility index (Phi) is 3.46. The number of likely N-dealkylation sites (N-methyl/N-ethyl adjacent to an activating group) is 1. The van der Waals surface area contributed by atoms with Crippen molar-refractivity contribution in [2.45, 2.75) is 0 Å². The van der Waals surface area contributed by atoms with Crippen molar-refractivity contribution in [3.05, 3.63) is 16.3 Å². The Labute approximate surface area is 99.4 Å². The first kappa shape index (κ1) is 11.4. The van der Waals surface area contributed by atoms with Gasteiger partial charge < -0.3 is 14.5 Å². The van der Waals surface area contributed by atoms with E-state index in [0.717, 1.165) is 36.8 Å². The number of rotatable bonds is 2. The molecule has 0 saturated carbocycles. The zero-order valence-corrected chi connectivity index (χ0v) is 10.4. The minimum Gasteiger partial charge on any atom is -0.496 e. The highest BCUT2D eigenvalue weighted by Gasteiger charge is 2.21. The summed E-state index contributed by atoms with van der Waals surface area (Å²) >= 11 is 1.45. The maximum Gasteiger partial charge on any atom is 0.264 e. The van der Waals surface area contributed by atoms with Crippen LogP contribution in [0.4, 0.5) is 0 Å². The van der Waals surface area contributed by atoms with Gasteiger partial charge in [0.25, 0.3) is 5.91 Å². The summed E-state index contributed by atoms with van der Waals surface area (Å²) in [6.07, 6.45) is 0. The number of hydrogen-bond donors (Lipinski definition) is 0. The van der Waals surface area contributed by atoms with E-state index in [-0.39, 0.29) is 5.91 Å². The van der Waals surface area contributed by atoms with Crippen molar-refractivity contribution in [2.24, 2.45) is 0 Å². The van der Waals surface area contributed by atoms with Crippen LogP contribution in [0.1, 0.15) is 9.67 Å². The first-order valence-corrected chi connectivity index (χ1v) is 6.19. The molecule has 4 nitrogen and oxygen atoms in total. The van der Waals surface area contributed by atoms with Gasteiger partial charge in [-0.2, -0.15) is 0 Å². The highest BCUT2D eigenvalue weighted by atomic mass is 32.1. The quantitative estimate of drug-likeness (QED) is 0.777. The lowest BCUT2D eigenvalue weighted by molar-refractivity contribution is 0.0669. The van der Waals surface area contributed by atoms with Gasteiger partial charge in [0, 0.05) is 37.6 Å². The topological polar surface area (TPSA) is 32.8 Å². The summed E-state index contributed by atoms with van der Waals surface area (Å²) in [5.41, 5.74) is 0. The summed E-state index contributed by atoms with van der Waals surface area (Å²) in [6, 6.07) is 1.81. The van der Waals surface area contributed by atoms with Crippen molar-refractivity contribution in [2.75, 3.05) is 40.3 Å². The molecule has 1 aromatic rings. The number of amides is 1. The van der Waals surface area contributed by atoms with Crippen molar-refractivity contribution in [3.63, 3.8) is 0 Å². The van der Waals surface area contributed by atoms with Crippen LogP contribution in [0.5, 0.6) is 5.75 Å². The molecule has 0 spiro atoms. The molecule has 2 rings (SSSR count). The SMILES string of the molecule is COc1csc(C(=O)N2CCN(C)CC2)c1. The predicted molar refractivity (Wildman–Crippen MR) is 64.3 cm³/mol. The third-order valence-corrected chi connectivity index (χ3v) is 3.71. The molecule has 0 atom stereocenters. The van der Waals surface area contributed by atoms with E-state index in [1.54, 1.807) is 7.11 Å². The number of thiophene rings is 1. The highest BCUT2D eigenvalue weighted by molar-refractivity contribution is 7.12. The molecule has 5 heteroatoms. The average molecular weight is 240 g/mol. The van der Waals surface area contributed by atoms with Crippen molar-refractivity contribution >= 4 is 17.2 Å². The van der Waals surface area contributed by atoms with Crippen LogP contribution in [0.15, 0.2) is 11.4 Å². The molecule has 0 N–H and O–H groups in total. The average Bonchev–Trinajstić information content (AvgIpc) is 2.77. The van der Waals surface area contributed by atoms with Crippen LogP contribution in [0.25, 0.3) is 0 Å². The van der Waals surface area contributed by atoms with Crippen LogP contribution in [0.2, 0.25) is 0 Å². The number of carbonyl (C=O) groups is 1. The highest BCUT2D eigenvalue weighted by Crippen LogP contribution is 2.22. The van der Waals surface area contributed by atoms with Crippen LogP contribution in [-0.4, -0.2) is 56.0 Å². The van der Waals surface area contributed by atoms with Crippen LogP contribution in [0, 0.1) is 0 Å². The molecule has 1 fully saturated rings. The van der Waals surface area contributed by atoms with E-state index in [1.807, 2.05) is 16.3 Å². The van der Waals surface area contributed by atoms with E-state index >= 15 is 0 Å². The predicted octanol–water partition coefficient (Wildman–Crippen LogP) is 1.14. The lowest BCUT2D eigenvalue weighted by Crippen LogP contribution is -2.46. The molecule has 16 heavy (non-hydrogen) atoms. The van der Waals surface area contributed by atoms with Gasteiger partial charge in [-0.25, -0.2) is 0 Å². The number of methoxy groups -OCH3 is 1. The Hall–Kier alpha value is -1.07. The molecule has 0 aliphatic carbocycles. The molecule has 88 valence electrons. The Morgan fingerprint density at radius 2 is 2.06 bits per heavy atom. The Balaban J connectivity index is 2.01. The van der Waals surface area contributed by atoms with Gasteiger partial charge in [-0.1, -0.05) is 0 Å². The maximum atomic E-state index is 12.1. The normalized spacial score (nSPS) is 17.5. The van der Waals surface area contributed by atoms with E-state index in [9.17, 15) is 4.79 Å². The van der Waals surface area contributed by atoms with Gasteiger partial charge in [0.2, 0.25) is 0 Å². The first-order chi connectivity index (χ1) is 7.70. The van der Waals surface area contributed by atoms with E-state index < -0.39 is 0 Å². The molecule has 1 aliphatic rings. The van der Waals surface area contributed by atoms with Gasteiger partial charge in [-0.3, -0.25) is 4.79 Å². The summed E-state index contributed by atoms with van der Waals surface area (Å²) < 4.78 is 5.08. The molecule has 0 radical (unpaired) electrons. The molecule has 2 heterocycles. The number of carbonyl (C=O) groups excluding carboxylic acids is 1. The molecular weight excluding hydrogens is 224 g/mol. The largest absolute Gasteiger partial charge is 0.496 e. The molecule has 0 aromatic carbocycles. The fourth-order valence-electron chi connectivity index (χ4n) is 1.70. The van der Waals surface area contributed by atoms with Crippen LogP contribution in [-0.2, 0) is 0 Å². The van der Waals surface area contributed by atoms with Crippen molar-refractivity contribution in [1.82, 2.24) is 9.80 Å². The molecular formula is C11H16N2O2S. The lowest BCUT2D eigenvalue weighted by atomic mass is 10.3. The standard InChI is InChI=1S/C11H16N2O2S/c1-12-3-5-13(6-4-12)11(14)10-7-9(15-2)8-16-10/h7-8H,3-6H2,1-2H3. The van der Waals surface area contributed by atoms with E-state index in [1.165, 1.54) is 11.3 Å². The van der Waals surface area contributed by atoms with E-state index in [0.29, 0.717) is 0 Å². The molecule has 0 unspecified atom stereocenters. The number of hydrogen-bond acceptors (Lipinski definition) is 4. The monoisotopic (exact) mass is 240 g/mol. The molecule has 1 amide bonds. The number of nitrogens with zero attached hydrogens (tertiary/aromatic N) is 2. The van der Waals surface area contributed by atoms with Crippen LogP contribution < -0.4 is 4.74 Å². The summed E-state index contributed by atoms with van der Waals surface area (Å²) in [5.74, 6) is 0.892. The molecule has 1 aromatic heterocycles. The smallest absolute Gasteiger partial charge is 0.264 e. The van der Waals surface area contributed by atoms with Crippen LogP contribution in [0.3, 0.4) is 0 Å². The van der Waals surface area contributed by atoms with Gasteiger partial charge in [-0.05, 0) is 7.05 Å². The minimum atomic E-state index is 0.126. The minimum absolute atomic E-state index is 0.126. The third kappa shape index (κ3) is 2.36. The summed E-state index contributed by atoms with van der Waals surface area (Å²) in [4.78, 5) is 17.0. The first-order valence-electron chi connectivity index (χ1n) is 5.31. The van der Waals surface area contributed by atoms with Crippen molar-refractivity contribution in [3.8, 4) is 5.75 Å². The van der Waals surface area contributed by atoms with Gasteiger partial charge in [0.05, 0.1) is 12.0 Å². The molecule has 0 bridgehead atoms. The fraction of sp³-hybridized carbons (Fsp3) is 0.545. The Morgan fingerprint density at radius 3 is 2.62 bits per heavy atom.